The molecule has 3 saturated carbocycles. The summed E-state index contributed by atoms with van der Waals surface area (Å²) in [6, 6.07) is 7.37. The Kier molecular flexibility index (Phi) is 3.98. The van der Waals surface area contributed by atoms with Gasteiger partial charge in [-0.15, -0.1) is 11.3 Å². The van der Waals surface area contributed by atoms with Gasteiger partial charge in [0.05, 0.1) is 11.3 Å². The summed E-state index contributed by atoms with van der Waals surface area (Å²) in [5, 5.41) is 6.82. The second-order valence-electron chi connectivity index (χ2n) is 8.17. The predicted octanol–water partition coefficient (Wildman–Crippen LogP) is 3.65. The van der Waals surface area contributed by atoms with Crippen LogP contribution < -0.4 is 15.4 Å². The lowest BCUT2D eigenvalue weighted by atomic mass is 9.60. The van der Waals surface area contributed by atoms with Crippen molar-refractivity contribution in [1.29, 1.82) is 0 Å². The summed E-state index contributed by atoms with van der Waals surface area (Å²) in [5.74, 6) is 0.869. The number of hydrogen-bond donors (Lipinski definition) is 2. The predicted molar refractivity (Wildman–Crippen MR) is 106 cm³/mol. The van der Waals surface area contributed by atoms with Crippen molar-refractivity contribution in [2.45, 2.75) is 45.3 Å². The van der Waals surface area contributed by atoms with Crippen molar-refractivity contribution >= 4 is 28.3 Å². The molecule has 1 aromatic heterocycles. The first-order chi connectivity index (χ1) is 13.4. The summed E-state index contributed by atoms with van der Waals surface area (Å²) in [4.78, 5) is 31.1. The van der Waals surface area contributed by atoms with Crippen LogP contribution in [0.15, 0.2) is 24.3 Å². The molecule has 1 aliphatic heterocycles. The molecule has 2 N–H and O–H groups in total. The second-order valence-corrected chi connectivity index (χ2v) is 9.38. The molecule has 1 aromatic carbocycles. The molecule has 2 amide bonds. The molecule has 1 spiro atoms. The van der Waals surface area contributed by atoms with Crippen molar-refractivity contribution in [3.05, 3.63) is 40.4 Å². The number of rotatable bonds is 2. The normalized spacial score (nSPS) is 30.5. The number of hydrogen-bond acceptors (Lipinski definition) is 5. The van der Waals surface area contributed by atoms with E-state index >= 15 is 0 Å². The summed E-state index contributed by atoms with van der Waals surface area (Å²) < 4.78 is 6.36. The van der Waals surface area contributed by atoms with E-state index in [1.807, 2.05) is 32.0 Å². The van der Waals surface area contributed by atoms with E-state index in [0.29, 0.717) is 22.9 Å². The molecule has 146 valence electrons. The number of thiazole rings is 1. The van der Waals surface area contributed by atoms with Crippen molar-refractivity contribution in [2.24, 2.45) is 17.8 Å². The number of amides is 2. The van der Waals surface area contributed by atoms with Gasteiger partial charge in [-0.3, -0.25) is 9.59 Å². The van der Waals surface area contributed by atoms with Crippen LogP contribution in [0.4, 0.5) is 5.13 Å². The summed E-state index contributed by atoms with van der Waals surface area (Å²) in [6.45, 7) is 3.96. The van der Waals surface area contributed by atoms with Crippen LogP contribution in [0.5, 0.6) is 5.75 Å². The highest BCUT2D eigenvalue weighted by Crippen LogP contribution is 2.52. The number of fused-ring (bicyclic) bond motifs is 3. The molecule has 28 heavy (non-hydrogen) atoms. The van der Waals surface area contributed by atoms with Crippen molar-refractivity contribution in [3.8, 4) is 5.75 Å². The Balaban J connectivity index is 1.35. The first-order valence-corrected chi connectivity index (χ1v) is 10.6. The van der Waals surface area contributed by atoms with Crippen molar-refractivity contribution in [1.82, 2.24) is 10.3 Å². The molecule has 7 heteroatoms. The molecule has 3 aliphatic carbocycles. The highest BCUT2D eigenvalue weighted by atomic mass is 32.1. The third kappa shape index (κ3) is 2.71. The lowest BCUT2D eigenvalue weighted by Gasteiger charge is -2.55. The zero-order valence-electron chi connectivity index (χ0n) is 16.0. The largest absolute Gasteiger partial charge is 0.467 e. The molecule has 6 nitrogen and oxygen atoms in total. The summed E-state index contributed by atoms with van der Waals surface area (Å²) >= 11 is 1.52. The molecular weight excluding hydrogens is 374 g/mol. The molecular formula is C21H23N3O3S. The average molecular weight is 398 g/mol. The van der Waals surface area contributed by atoms with E-state index in [-0.39, 0.29) is 29.6 Å². The first-order valence-electron chi connectivity index (χ1n) is 9.80. The highest BCUT2D eigenvalue weighted by molar-refractivity contribution is 7.15. The van der Waals surface area contributed by atoms with Crippen LogP contribution in [0, 0.1) is 31.6 Å². The monoisotopic (exact) mass is 397 g/mol. The fraction of sp³-hybridized carbons (Fsp3) is 0.476. The van der Waals surface area contributed by atoms with E-state index in [1.165, 1.54) is 11.3 Å². The third-order valence-corrected chi connectivity index (χ3v) is 7.55. The maximum atomic E-state index is 12.9. The van der Waals surface area contributed by atoms with E-state index < -0.39 is 5.72 Å². The summed E-state index contributed by atoms with van der Waals surface area (Å²) in [5.41, 5.74) is 0.860. The molecule has 0 saturated heterocycles. The van der Waals surface area contributed by atoms with E-state index in [4.69, 9.17) is 4.74 Å². The highest BCUT2D eigenvalue weighted by Gasteiger charge is 2.57. The molecule has 0 unspecified atom stereocenters. The zero-order chi connectivity index (χ0) is 19.5. The summed E-state index contributed by atoms with van der Waals surface area (Å²) in [6.07, 6.45) is 3.35. The lowest BCUT2D eigenvalue weighted by Crippen LogP contribution is -2.66. The number of anilines is 1. The minimum atomic E-state index is -0.681. The number of para-hydroxylation sites is 1. The number of ether oxygens (including phenoxy) is 1. The number of aryl methyl sites for hydroxylation is 2. The van der Waals surface area contributed by atoms with Gasteiger partial charge in [0.15, 0.2) is 10.9 Å². The number of nitrogens with one attached hydrogen (secondary N) is 2. The van der Waals surface area contributed by atoms with Crippen molar-refractivity contribution in [3.63, 3.8) is 0 Å². The number of benzene rings is 1. The Morgan fingerprint density at radius 2 is 2.14 bits per heavy atom. The standard InChI is InChI=1S/C21H23N3O3S/c1-11-12(2)28-20(22-11)23-18(25)16-9-14-8-7-13(16)10-21(14)24-19(26)15-5-3-4-6-17(15)27-21/h3-6,13-14,16H,7-10H2,1-2H3,(H,24,26)(H,22,23,25)/t13-,14-,16-,21+/m1/s1. The van der Waals surface area contributed by atoms with Gasteiger partial charge in [0, 0.05) is 23.1 Å². The van der Waals surface area contributed by atoms with Crippen LogP contribution in [0.3, 0.4) is 0 Å². The fourth-order valence-corrected chi connectivity index (χ4v) is 5.82. The van der Waals surface area contributed by atoms with Gasteiger partial charge < -0.3 is 15.4 Å². The Morgan fingerprint density at radius 1 is 1.32 bits per heavy atom. The average Bonchev–Trinajstić information content (AvgIpc) is 2.99. The SMILES string of the molecule is Cc1nc(NC(=O)[C@@H]2C[C@H]3CC[C@@H]2C[C@@]32NC(=O)c3ccccc3O2)sc1C. The van der Waals surface area contributed by atoms with Crippen molar-refractivity contribution < 1.29 is 14.3 Å². The quantitative estimate of drug-likeness (QED) is 0.811. The maximum Gasteiger partial charge on any atom is 0.258 e. The number of nitrogens with zero attached hydrogens (tertiary/aromatic N) is 1. The van der Waals surface area contributed by atoms with Gasteiger partial charge in [-0.25, -0.2) is 4.98 Å². The Hall–Kier alpha value is -2.41. The van der Waals surface area contributed by atoms with Crippen LogP contribution in [-0.4, -0.2) is 22.5 Å². The van der Waals surface area contributed by atoms with Crippen molar-refractivity contribution in [2.75, 3.05) is 5.32 Å². The number of carbonyl (C=O) groups excluding carboxylic acids is 2. The topological polar surface area (TPSA) is 80.3 Å². The molecule has 2 heterocycles. The minimum absolute atomic E-state index is 0.0424. The molecule has 2 bridgehead atoms. The molecule has 3 fully saturated rings. The van der Waals surface area contributed by atoms with Gasteiger partial charge in [0.1, 0.15) is 5.75 Å². The fourth-order valence-electron chi connectivity index (χ4n) is 5.01. The van der Waals surface area contributed by atoms with E-state index in [1.54, 1.807) is 6.07 Å². The van der Waals surface area contributed by atoms with Crippen LogP contribution in [0.25, 0.3) is 0 Å². The maximum absolute atomic E-state index is 12.9. The van der Waals surface area contributed by atoms with Crippen LogP contribution in [-0.2, 0) is 4.79 Å². The van der Waals surface area contributed by atoms with E-state index in [9.17, 15) is 9.59 Å². The van der Waals surface area contributed by atoms with Crippen LogP contribution >= 0.6 is 11.3 Å². The molecule has 4 atom stereocenters. The first kappa shape index (κ1) is 17.7. The Labute approximate surface area is 167 Å². The van der Waals surface area contributed by atoms with Crippen LogP contribution in [0.2, 0.25) is 0 Å². The van der Waals surface area contributed by atoms with E-state index in [2.05, 4.69) is 15.6 Å². The van der Waals surface area contributed by atoms with E-state index in [0.717, 1.165) is 29.8 Å². The molecule has 0 radical (unpaired) electrons. The Morgan fingerprint density at radius 3 is 2.86 bits per heavy atom. The van der Waals surface area contributed by atoms with Gasteiger partial charge in [0.2, 0.25) is 5.91 Å². The van der Waals surface area contributed by atoms with Gasteiger partial charge in [0.25, 0.3) is 5.91 Å². The number of carbonyl (C=O) groups is 2. The lowest BCUT2D eigenvalue weighted by molar-refractivity contribution is -0.142. The zero-order valence-corrected chi connectivity index (χ0v) is 16.8. The molecule has 6 rings (SSSR count). The Bertz CT molecular complexity index is 952. The third-order valence-electron chi connectivity index (χ3n) is 6.56. The van der Waals surface area contributed by atoms with Gasteiger partial charge in [-0.2, -0.15) is 0 Å². The molecule has 2 aromatic rings. The minimum Gasteiger partial charge on any atom is -0.467 e. The smallest absolute Gasteiger partial charge is 0.258 e. The second kappa shape index (κ2) is 6.30. The van der Waals surface area contributed by atoms with Gasteiger partial charge in [-0.1, -0.05) is 12.1 Å². The van der Waals surface area contributed by atoms with Gasteiger partial charge >= 0.3 is 0 Å². The summed E-state index contributed by atoms with van der Waals surface area (Å²) in [7, 11) is 0. The van der Waals surface area contributed by atoms with Gasteiger partial charge in [-0.05, 0) is 51.2 Å². The number of aromatic nitrogens is 1. The van der Waals surface area contributed by atoms with Crippen LogP contribution in [0.1, 0.15) is 46.6 Å². The molecule has 4 aliphatic rings.